The molecule has 3 aromatic carbocycles. The average Bonchev–Trinajstić information content (AvgIpc) is 2.73. The molecule has 0 saturated heterocycles. The van der Waals surface area contributed by atoms with Crippen LogP contribution in [-0.4, -0.2) is 21.5 Å². The molecular weight excluding hydrogens is 362 g/mol. The molecule has 5 nitrogen and oxygen atoms in total. The van der Waals surface area contributed by atoms with E-state index >= 15 is 0 Å². The van der Waals surface area contributed by atoms with Gasteiger partial charge in [-0.25, -0.2) is 13.2 Å². The molecule has 0 spiro atoms. The molecule has 0 aromatic heterocycles. The minimum atomic E-state index is -3.88. The van der Waals surface area contributed by atoms with Crippen molar-refractivity contribution in [3.63, 3.8) is 0 Å². The molecule has 6 heteroatoms. The van der Waals surface area contributed by atoms with Gasteiger partial charge in [-0.3, -0.25) is 0 Å². The summed E-state index contributed by atoms with van der Waals surface area (Å²) in [5, 5.41) is 0. The van der Waals surface area contributed by atoms with Crippen molar-refractivity contribution in [3.8, 4) is 0 Å². The highest BCUT2D eigenvalue weighted by Gasteiger charge is 2.23. The third-order valence-electron chi connectivity index (χ3n) is 4.10. The first-order valence-corrected chi connectivity index (χ1v) is 9.80. The Labute approximate surface area is 158 Å². The Morgan fingerprint density at radius 3 is 1.93 bits per heavy atom. The Hall–Kier alpha value is -2.96. The highest BCUT2D eigenvalue weighted by Crippen LogP contribution is 2.24. The van der Waals surface area contributed by atoms with E-state index in [2.05, 4.69) is 9.46 Å². The third-order valence-corrected chi connectivity index (χ3v) is 5.52. The molecule has 3 aromatic rings. The van der Waals surface area contributed by atoms with Gasteiger partial charge in [0.15, 0.2) is 0 Å². The van der Waals surface area contributed by atoms with E-state index in [9.17, 15) is 13.2 Å². The number of hydrogen-bond acceptors (Lipinski definition) is 4. The maximum Gasteiger partial charge on any atom is 0.337 e. The molecule has 27 heavy (non-hydrogen) atoms. The first-order valence-electron chi connectivity index (χ1n) is 8.32. The van der Waals surface area contributed by atoms with Crippen molar-refractivity contribution in [1.29, 1.82) is 0 Å². The van der Waals surface area contributed by atoms with Gasteiger partial charge < -0.3 is 4.74 Å². The van der Waals surface area contributed by atoms with E-state index < -0.39 is 22.0 Å². The molecule has 0 atom stereocenters. The number of carbonyl (C=O) groups is 1. The van der Waals surface area contributed by atoms with Gasteiger partial charge in [0.2, 0.25) is 10.0 Å². The second-order valence-corrected chi connectivity index (χ2v) is 7.61. The summed E-state index contributed by atoms with van der Waals surface area (Å²) < 4.78 is 33.4. The van der Waals surface area contributed by atoms with Gasteiger partial charge in [-0.15, -0.1) is 0 Å². The summed E-state index contributed by atoms with van der Waals surface area (Å²) in [4.78, 5) is 11.7. The zero-order valence-electron chi connectivity index (χ0n) is 14.7. The quantitative estimate of drug-likeness (QED) is 0.663. The first-order chi connectivity index (χ1) is 13.0. The van der Waals surface area contributed by atoms with Crippen LogP contribution in [0.15, 0.2) is 89.8 Å². The number of rotatable bonds is 6. The fourth-order valence-corrected chi connectivity index (χ4v) is 4.01. The lowest BCUT2D eigenvalue weighted by Gasteiger charge is -2.20. The fourth-order valence-electron chi connectivity index (χ4n) is 2.75. The van der Waals surface area contributed by atoms with Crippen LogP contribution < -0.4 is 4.72 Å². The van der Waals surface area contributed by atoms with Gasteiger partial charge in [0.1, 0.15) is 0 Å². The largest absolute Gasteiger partial charge is 0.465 e. The van der Waals surface area contributed by atoms with E-state index in [0.717, 1.165) is 11.1 Å². The Balaban J connectivity index is 1.99. The average molecular weight is 381 g/mol. The molecule has 1 N–H and O–H groups in total. The van der Waals surface area contributed by atoms with Crippen LogP contribution >= 0.6 is 0 Å². The Morgan fingerprint density at radius 1 is 0.852 bits per heavy atom. The molecular formula is C21H19NO4S. The monoisotopic (exact) mass is 381 g/mol. The molecule has 0 heterocycles. The molecule has 0 aliphatic carbocycles. The van der Waals surface area contributed by atoms with E-state index in [1.54, 1.807) is 0 Å². The maximum atomic E-state index is 13.0. The van der Waals surface area contributed by atoms with Crippen molar-refractivity contribution in [2.45, 2.75) is 10.9 Å². The predicted molar refractivity (Wildman–Crippen MR) is 103 cm³/mol. The standard InChI is InChI=1S/C21H19NO4S/c1-26-21(23)18-13-8-14-19(15-18)27(24,25)22-20(16-9-4-2-5-10-16)17-11-6-3-7-12-17/h2-15,20,22H,1H3. The molecule has 0 radical (unpaired) electrons. The summed E-state index contributed by atoms with van der Waals surface area (Å²) in [7, 11) is -2.63. The molecule has 0 fully saturated rings. The van der Waals surface area contributed by atoms with Crippen LogP contribution in [0.5, 0.6) is 0 Å². The number of sulfonamides is 1. The lowest BCUT2D eigenvalue weighted by molar-refractivity contribution is 0.0600. The SMILES string of the molecule is COC(=O)c1cccc(S(=O)(=O)NC(c2ccccc2)c2ccccc2)c1. The zero-order chi connectivity index (χ0) is 19.3. The number of methoxy groups -OCH3 is 1. The Morgan fingerprint density at radius 2 is 1.41 bits per heavy atom. The topological polar surface area (TPSA) is 72.5 Å². The van der Waals surface area contributed by atoms with Gasteiger partial charge in [0.05, 0.1) is 23.6 Å². The molecule has 0 unspecified atom stereocenters. The van der Waals surface area contributed by atoms with Crippen LogP contribution in [0.2, 0.25) is 0 Å². The summed E-state index contributed by atoms with van der Waals surface area (Å²) in [6.45, 7) is 0. The summed E-state index contributed by atoms with van der Waals surface area (Å²) in [5.74, 6) is -0.588. The van der Waals surface area contributed by atoms with Crippen molar-refractivity contribution in [3.05, 3.63) is 102 Å². The molecule has 0 aliphatic heterocycles. The van der Waals surface area contributed by atoms with E-state index in [-0.39, 0.29) is 10.5 Å². The number of ether oxygens (including phenoxy) is 1. The summed E-state index contributed by atoms with van der Waals surface area (Å²) in [6.07, 6.45) is 0. The number of esters is 1. The smallest absolute Gasteiger partial charge is 0.337 e. The molecule has 0 bridgehead atoms. The van der Waals surface area contributed by atoms with E-state index in [4.69, 9.17) is 0 Å². The fraction of sp³-hybridized carbons (Fsp3) is 0.0952. The Kier molecular flexibility index (Phi) is 5.69. The van der Waals surface area contributed by atoms with Gasteiger partial charge in [-0.05, 0) is 29.3 Å². The summed E-state index contributed by atoms with van der Waals surface area (Å²) >= 11 is 0. The van der Waals surface area contributed by atoms with E-state index in [1.807, 2.05) is 60.7 Å². The van der Waals surface area contributed by atoms with Crippen molar-refractivity contribution in [2.24, 2.45) is 0 Å². The lowest BCUT2D eigenvalue weighted by Crippen LogP contribution is -2.29. The van der Waals surface area contributed by atoms with Crippen molar-refractivity contribution in [2.75, 3.05) is 7.11 Å². The van der Waals surface area contributed by atoms with Gasteiger partial charge in [-0.2, -0.15) is 4.72 Å². The summed E-state index contributed by atoms with van der Waals surface area (Å²) in [6, 6.07) is 23.9. The normalized spacial score (nSPS) is 11.3. The van der Waals surface area contributed by atoms with Crippen LogP contribution in [0, 0.1) is 0 Å². The second kappa shape index (κ2) is 8.16. The second-order valence-electron chi connectivity index (χ2n) is 5.90. The minimum Gasteiger partial charge on any atom is -0.465 e. The van der Waals surface area contributed by atoms with Crippen LogP contribution in [0.25, 0.3) is 0 Å². The van der Waals surface area contributed by atoms with Gasteiger partial charge in [0.25, 0.3) is 0 Å². The minimum absolute atomic E-state index is 0.00209. The van der Waals surface area contributed by atoms with Crippen LogP contribution in [-0.2, 0) is 14.8 Å². The number of hydrogen-bond donors (Lipinski definition) is 1. The number of nitrogens with one attached hydrogen (secondary N) is 1. The predicted octanol–water partition coefficient (Wildman–Crippen LogP) is 3.54. The lowest BCUT2D eigenvalue weighted by atomic mass is 10.00. The zero-order valence-corrected chi connectivity index (χ0v) is 15.5. The molecule has 0 saturated carbocycles. The van der Waals surface area contributed by atoms with Crippen LogP contribution in [0.3, 0.4) is 0 Å². The Bertz CT molecular complexity index is 979. The van der Waals surface area contributed by atoms with Crippen molar-refractivity contribution >= 4 is 16.0 Å². The third kappa shape index (κ3) is 4.42. The first kappa shape index (κ1) is 18.8. The van der Waals surface area contributed by atoms with Crippen LogP contribution in [0.1, 0.15) is 27.5 Å². The summed E-state index contributed by atoms with van der Waals surface area (Å²) in [5.41, 5.74) is 1.81. The molecule has 0 aliphatic rings. The van der Waals surface area contributed by atoms with Gasteiger partial charge >= 0.3 is 5.97 Å². The molecule has 138 valence electrons. The van der Waals surface area contributed by atoms with Crippen LogP contribution in [0.4, 0.5) is 0 Å². The highest BCUT2D eigenvalue weighted by molar-refractivity contribution is 7.89. The molecule has 3 rings (SSSR count). The van der Waals surface area contributed by atoms with Gasteiger partial charge in [0, 0.05) is 0 Å². The maximum absolute atomic E-state index is 13.0. The number of carbonyl (C=O) groups excluding carboxylic acids is 1. The highest BCUT2D eigenvalue weighted by atomic mass is 32.2. The number of benzene rings is 3. The van der Waals surface area contributed by atoms with E-state index in [0.29, 0.717) is 0 Å². The van der Waals surface area contributed by atoms with Crippen molar-refractivity contribution in [1.82, 2.24) is 4.72 Å². The van der Waals surface area contributed by atoms with E-state index in [1.165, 1.54) is 31.4 Å². The van der Waals surface area contributed by atoms with Crippen molar-refractivity contribution < 1.29 is 17.9 Å². The van der Waals surface area contributed by atoms with Gasteiger partial charge in [-0.1, -0.05) is 66.7 Å². The molecule has 0 amide bonds.